The van der Waals surface area contributed by atoms with E-state index in [2.05, 4.69) is 10.2 Å². The average molecular weight is 451 g/mol. The number of carbonyl (C=O) groups excluding carboxylic acids is 1. The number of nitrogens with one attached hydrogen (secondary N) is 1. The summed E-state index contributed by atoms with van der Waals surface area (Å²) in [4.78, 5) is 32.6. The molecule has 0 radical (unpaired) electrons. The summed E-state index contributed by atoms with van der Waals surface area (Å²) in [5.74, 6) is 0.238. The fraction of sp³-hybridized carbons (Fsp3) is 0.400. The number of aromatic nitrogens is 2. The number of methoxy groups -OCH3 is 1. The van der Waals surface area contributed by atoms with Gasteiger partial charge in [0.2, 0.25) is 5.95 Å². The maximum atomic E-state index is 13.3. The Labute approximate surface area is 193 Å². The van der Waals surface area contributed by atoms with Gasteiger partial charge in [0.05, 0.1) is 36.2 Å². The third-order valence-corrected chi connectivity index (χ3v) is 6.01. The molecule has 1 aliphatic heterocycles. The third kappa shape index (κ3) is 4.57. The van der Waals surface area contributed by atoms with Gasteiger partial charge in [-0.1, -0.05) is 18.2 Å². The first-order valence-corrected chi connectivity index (χ1v) is 11.2. The van der Waals surface area contributed by atoms with Crippen LogP contribution in [0.2, 0.25) is 0 Å². The van der Waals surface area contributed by atoms with Crippen LogP contribution < -0.4 is 15.8 Å². The van der Waals surface area contributed by atoms with E-state index in [0.29, 0.717) is 47.9 Å². The molecule has 0 aliphatic carbocycles. The number of esters is 1. The summed E-state index contributed by atoms with van der Waals surface area (Å²) in [6.07, 6.45) is 0.886. The van der Waals surface area contributed by atoms with Crippen LogP contribution in [0.25, 0.3) is 10.9 Å². The van der Waals surface area contributed by atoms with Crippen molar-refractivity contribution in [2.75, 3.05) is 43.6 Å². The monoisotopic (exact) mass is 450 g/mol. The van der Waals surface area contributed by atoms with Gasteiger partial charge in [0.1, 0.15) is 0 Å². The molecule has 2 heterocycles. The van der Waals surface area contributed by atoms with Crippen LogP contribution in [0.4, 0.5) is 11.6 Å². The van der Waals surface area contributed by atoms with Gasteiger partial charge in [-0.3, -0.25) is 9.36 Å². The number of fused-ring (bicyclic) bond motifs is 1. The predicted molar refractivity (Wildman–Crippen MR) is 129 cm³/mol. The lowest BCUT2D eigenvalue weighted by atomic mass is 10.0. The minimum atomic E-state index is -0.405. The Balaban J connectivity index is 1.81. The summed E-state index contributed by atoms with van der Waals surface area (Å²) >= 11 is 0. The molecule has 1 N–H and O–H groups in total. The van der Waals surface area contributed by atoms with Crippen molar-refractivity contribution in [2.24, 2.45) is 7.05 Å². The fourth-order valence-electron chi connectivity index (χ4n) is 4.31. The minimum absolute atomic E-state index is 0.0766. The second-order valence-electron chi connectivity index (χ2n) is 8.38. The molecule has 8 heteroatoms. The van der Waals surface area contributed by atoms with Crippen molar-refractivity contribution in [3.05, 3.63) is 63.4 Å². The van der Waals surface area contributed by atoms with Gasteiger partial charge < -0.3 is 19.7 Å². The zero-order valence-corrected chi connectivity index (χ0v) is 19.6. The molecule has 1 aliphatic rings. The summed E-state index contributed by atoms with van der Waals surface area (Å²) in [6.45, 7) is 6.76. The second-order valence-corrected chi connectivity index (χ2v) is 8.38. The number of aryl methyl sites for hydroxylation is 1. The first-order valence-electron chi connectivity index (χ1n) is 11.2. The molecule has 4 rings (SSSR count). The van der Waals surface area contributed by atoms with Gasteiger partial charge in [-0.05, 0) is 44.0 Å². The zero-order valence-electron chi connectivity index (χ0n) is 19.6. The summed E-state index contributed by atoms with van der Waals surface area (Å²) in [7, 11) is 3.14. The number of rotatable bonds is 5. The number of anilines is 2. The highest BCUT2D eigenvalue weighted by atomic mass is 16.5. The third-order valence-electron chi connectivity index (χ3n) is 6.01. The van der Waals surface area contributed by atoms with Crippen LogP contribution in [0.1, 0.15) is 40.9 Å². The lowest BCUT2D eigenvalue weighted by molar-refractivity contribution is 0.0602. The number of para-hydroxylation sites is 1. The quantitative estimate of drug-likeness (QED) is 0.596. The molecule has 174 valence electrons. The van der Waals surface area contributed by atoms with Gasteiger partial charge >= 0.3 is 5.97 Å². The molecule has 0 amide bonds. The van der Waals surface area contributed by atoms with Crippen LogP contribution >= 0.6 is 0 Å². The molecular formula is C25H30N4O4. The minimum Gasteiger partial charge on any atom is -0.465 e. The van der Waals surface area contributed by atoms with Crippen molar-refractivity contribution in [3.63, 3.8) is 0 Å². The summed E-state index contributed by atoms with van der Waals surface area (Å²) < 4.78 is 12.1. The Morgan fingerprint density at radius 2 is 2.00 bits per heavy atom. The molecule has 1 atom stereocenters. The van der Waals surface area contributed by atoms with Crippen molar-refractivity contribution >= 4 is 28.5 Å². The van der Waals surface area contributed by atoms with Gasteiger partial charge in [-0.25, -0.2) is 9.78 Å². The van der Waals surface area contributed by atoms with Crippen molar-refractivity contribution < 1.29 is 14.3 Å². The van der Waals surface area contributed by atoms with Crippen LogP contribution in [0.5, 0.6) is 0 Å². The number of carbonyl (C=O) groups is 1. The Bertz CT molecular complexity index is 1230. The van der Waals surface area contributed by atoms with Crippen LogP contribution in [0.15, 0.2) is 41.2 Å². The molecule has 33 heavy (non-hydrogen) atoms. The molecule has 1 fully saturated rings. The van der Waals surface area contributed by atoms with E-state index in [0.717, 1.165) is 24.1 Å². The molecule has 3 aromatic rings. The molecule has 0 saturated carbocycles. The van der Waals surface area contributed by atoms with Crippen LogP contribution in [-0.2, 0) is 16.5 Å². The van der Waals surface area contributed by atoms with E-state index in [1.54, 1.807) is 23.7 Å². The molecule has 8 nitrogen and oxygen atoms in total. The van der Waals surface area contributed by atoms with Crippen molar-refractivity contribution in [2.45, 2.75) is 26.3 Å². The second kappa shape index (κ2) is 9.62. The van der Waals surface area contributed by atoms with Crippen molar-refractivity contribution in [3.8, 4) is 0 Å². The van der Waals surface area contributed by atoms with E-state index in [1.165, 1.54) is 7.11 Å². The summed E-state index contributed by atoms with van der Waals surface area (Å²) in [5.41, 5.74) is 3.58. The molecule has 1 aromatic heterocycles. The predicted octanol–water partition coefficient (Wildman–Crippen LogP) is 3.43. The normalized spacial score (nSPS) is 15.2. The lowest BCUT2D eigenvalue weighted by Crippen LogP contribution is -2.33. The molecule has 0 spiro atoms. The summed E-state index contributed by atoms with van der Waals surface area (Å²) in [5, 5.41) is 4.00. The zero-order chi connectivity index (χ0) is 23.5. The Morgan fingerprint density at radius 3 is 2.79 bits per heavy atom. The number of nitrogens with zero attached hydrogens (tertiary/aromatic N) is 3. The number of ether oxygens (including phenoxy) is 2. The molecule has 0 bridgehead atoms. The van der Waals surface area contributed by atoms with Crippen LogP contribution in [0, 0.1) is 6.92 Å². The molecule has 1 unspecified atom stereocenters. The van der Waals surface area contributed by atoms with E-state index in [4.69, 9.17) is 14.5 Å². The van der Waals surface area contributed by atoms with Crippen LogP contribution in [-0.4, -0.2) is 48.9 Å². The van der Waals surface area contributed by atoms with Crippen molar-refractivity contribution in [1.82, 2.24) is 9.55 Å². The van der Waals surface area contributed by atoms with Gasteiger partial charge in [0.25, 0.3) is 5.56 Å². The SMILES string of the molecule is COC(=O)c1ccccc1NC(C)c1cc(C)cc2c(=O)n(C)c(N3CCCOCC3)nc12. The van der Waals surface area contributed by atoms with Crippen LogP contribution in [0.3, 0.4) is 0 Å². The summed E-state index contributed by atoms with van der Waals surface area (Å²) in [6, 6.07) is 11.0. The van der Waals surface area contributed by atoms with Gasteiger partial charge in [0.15, 0.2) is 0 Å². The largest absolute Gasteiger partial charge is 0.465 e. The molecular weight excluding hydrogens is 420 g/mol. The van der Waals surface area contributed by atoms with E-state index >= 15 is 0 Å². The number of hydrogen-bond acceptors (Lipinski definition) is 7. The average Bonchev–Trinajstić information content (AvgIpc) is 3.10. The Kier molecular flexibility index (Phi) is 6.65. The smallest absolute Gasteiger partial charge is 0.339 e. The standard InChI is InChI=1S/C25H30N4O4/c1-16-14-19(17(2)26-21-9-6-5-8-18(21)24(31)32-4)22-20(15-16)23(30)28(3)25(27-22)29-10-7-12-33-13-11-29/h5-6,8-9,14-15,17,26H,7,10-13H2,1-4H3. The van der Waals surface area contributed by atoms with Gasteiger partial charge in [-0.2, -0.15) is 0 Å². The fourth-order valence-corrected chi connectivity index (χ4v) is 4.31. The van der Waals surface area contributed by atoms with E-state index < -0.39 is 5.97 Å². The maximum absolute atomic E-state index is 13.3. The topological polar surface area (TPSA) is 85.7 Å². The maximum Gasteiger partial charge on any atom is 0.339 e. The van der Waals surface area contributed by atoms with E-state index in [-0.39, 0.29) is 11.6 Å². The molecule has 1 saturated heterocycles. The molecule has 2 aromatic carbocycles. The lowest BCUT2D eigenvalue weighted by Gasteiger charge is -2.25. The Hall–Kier alpha value is -3.39. The first-order chi connectivity index (χ1) is 15.9. The first kappa shape index (κ1) is 22.8. The van der Waals surface area contributed by atoms with Crippen molar-refractivity contribution in [1.29, 1.82) is 0 Å². The van der Waals surface area contributed by atoms with Gasteiger partial charge in [0, 0.05) is 38.0 Å². The van der Waals surface area contributed by atoms with Gasteiger partial charge in [-0.15, -0.1) is 0 Å². The Morgan fingerprint density at radius 1 is 1.21 bits per heavy atom. The highest BCUT2D eigenvalue weighted by molar-refractivity contribution is 5.95. The van der Waals surface area contributed by atoms with E-state index in [1.807, 2.05) is 38.1 Å². The van der Waals surface area contributed by atoms with E-state index in [9.17, 15) is 9.59 Å². The number of benzene rings is 2. The highest BCUT2D eigenvalue weighted by Gasteiger charge is 2.21. The highest BCUT2D eigenvalue weighted by Crippen LogP contribution is 2.29. The number of hydrogen-bond donors (Lipinski definition) is 1.